The highest BCUT2D eigenvalue weighted by molar-refractivity contribution is 5.73. The maximum atomic E-state index is 12.9. The lowest BCUT2D eigenvalue weighted by Crippen LogP contribution is -2.33. The van der Waals surface area contributed by atoms with Gasteiger partial charge in [0.25, 0.3) is 0 Å². The first-order valence-corrected chi connectivity index (χ1v) is 8.77. The highest BCUT2D eigenvalue weighted by atomic mass is 19.1. The first-order chi connectivity index (χ1) is 12.2. The summed E-state index contributed by atoms with van der Waals surface area (Å²) >= 11 is 0. The minimum absolute atomic E-state index is 0.245. The third kappa shape index (κ3) is 5.03. The number of aromatic nitrogens is 2. The molecule has 0 saturated carbocycles. The van der Waals surface area contributed by atoms with Crippen LogP contribution in [-0.2, 0) is 6.54 Å². The molecule has 2 heterocycles. The van der Waals surface area contributed by atoms with Crippen LogP contribution in [0.4, 0.5) is 21.7 Å². The van der Waals surface area contributed by atoms with Crippen molar-refractivity contribution >= 4 is 17.3 Å². The number of nitrogens with zero attached hydrogens (tertiary/aromatic N) is 3. The summed E-state index contributed by atoms with van der Waals surface area (Å²) in [4.78, 5) is 10.9. The van der Waals surface area contributed by atoms with Gasteiger partial charge in [-0.15, -0.1) is 0 Å². The van der Waals surface area contributed by atoms with Gasteiger partial charge in [-0.3, -0.25) is 0 Å². The quantitative estimate of drug-likeness (QED) is 0.717. The van der Waals surface area contributed by atoms with Crippen LogP contribution in [0.1, 0.15) is 24.8 Å². The Bertz CT molecular complexity index is 670. The Hall–Kier alpha value is -2.41. The number of piperidine rings is 1. The van der Waals surface area contributed by atoms with Crippen LogP contribution in [0.2, 0.25) is 0 Å². The first-order valence-electron chi connectivity index (χ1n) is 8.77. The van der Waals surface area contributed by atoms with E-state index in [1.165, 1.54) is 50.8 Å². The molecule has 0 amide bonds. The van der Waals surface area contributed by atoms with Gasteiger partial charge < -0.3 is 21.3 Å². The Balaban J connectivity index is 1.52. The van der Waals surface area contributed by atoms with Crippen LogP contribution in [-0.4, -0.2) is 41.0 Å². The number of halogens is 1. The Morgan fingerprint density at radius 3 is 2.40 bits per heavy atom. The molecule has 0 unspecified atom stereocenters. The minimum Gasteiger partial charge on any atom is -0.393 e. The van der Waals surface area contributed by atoms with Gasteiger partial charge in [-0.05, 0) is 43.6 Å². The van der Waals surface area contributed by atoms with Gasteiger partial charge in [0.15, 0.2) is 11.6 Å². The molecule has 1 saturated heterocycles. The lowest BCUT2D eigenvalue weighted by atomic mass is 10.1. The zero-order valence-electron chi connectivity index (χ0n) is 14.3. The summed E-state index contributed by atoms with van der Waals surface area (Å²) in [6.07, 6.45) is 5.40. The van der Waals surface area contributed by atoms with Gasteiger partial charge in [0.2, 0.25) is 0 Å². The number of nitrogens with two attached hydrogens (primary N) is 1. The average Bonchev–Trinajstić information content (AvgIpc) is 2.64. The van der Waals surface area contributed by atoms with Crippen LogP contribution in [0.5, 0.6) is 0 Å². The van der Waals surface area contributed by atoms with Crippen molar-refractivity contribution in [3.8, 4) is 0 Å². The maximum Gasteiger partial charge on any atom is 0.155 e. The third-order valence-corrected chi connectivity index (χ3v) is 4.43. The molecule has 0 atom stereocenters. The number of rotatable bonds is 7. The average molecular weight is 344 g/mol. The van der Waals surface area contributed by atoms with Crippen molar-refractivity contribution in [2.75, 3.05) is 42.5 Å². The predicted octanol–water partition coefficient (Wildman–Crippen LogP) is 2.71. The number of nitrogens with one attached hydrogen (secondary N) is 2. The molecule has 1 aliphatic heterocycles. The fraction of sp³-hybridized carbons (Fsp3) is 0.444. The first kappa shape index (κ1) is 17.4. The molecule has 6 nitrogen and oxygen atoms in total. The molecule has 2 aromatic rings. The summed E-state index contributed by atoms with van der Waals surface area (Å²) in [6.45, 7) is 4.66. The summed E-state index contributed by atoms with van der Waals surface area (Å²) < 4.78 is 12.9. The van der Waals surface area contributed by atoms with Crippen LogP contribution in [0.3, 0.4) is 0 Å². The van der Waals surface area contributed by atoms with E-state index in [4.69, 9.17) is 5.73 Å². The molecular formula is C18H25FN6. The molecule has 0 spiro atoms. The highest BCUT2D eigenvalue weighted by Gasteiger charge is 2.11. The smallest absolute Gasteiger partial charge is 0.155 e. The van der Waals surface area contributed by atoms with Gasteiger partial charge in [-0.2, -0.15) is 0 Å². The molecule has 3 rings (SSSR count). The van der Waals surface area contributed by atoms with Crippen molar-refractivity contribution in [1.82, 2.24) is 14.9 Å². The van der Waals surface area contributed by atoms with Gasteiger partial charge in [-0.25, -0.2) is 14.4 Å². The van der Waals surface area contributed by atoms with Crippen LogP contribution >= 0.6 is 0 Å². The zero-order valence-corrected chi connectivity index (χ0v) is 14.3. The molecule has 0 bridgehead atoms. The molecule has 1 aliphatic rings. The lowest BCUT2D eigenvalue weighted by Gasteiger charge is -2.26. The topological polar surface area (TPSA) is 79.1 Å². The number of likely N-dealkylation sites (tertiary alicyclic amines) is 1. The van der Waals surface area contributed by atoms with E-state index in [-0.39, 0.29) is 5.82 Å². The molecular weight excluding hydrogens is 319 g/mol. The number of anilines is 3. The minimum atomic E-state index is -0.245. The van der Waals surface area contributed by atoms with Gasteiger partial charge in [0, 0.05) is 19.6 Å². The summed E-state index contributed by atoms with van der Waals surface area (Å²) in [7, 11) is 0. The number of benzene rings is 1. The fourth-order valence-corrected chi connectivity index (χ4v) is 2.98. The third-order valence-electron chi connectivity index (χ3n) is 4.43. The van der Waals surface area contributed by atoms with Crippen molar-refractivity contribution in [1.29, 1.82) is 0 Å². The fourth-order valence-electron chi connectivity index (χ4n) is 2.98. The Labute approximate surface area is 147 Å². The normalized spacial score (nSPS) is 15.1. The van der Waals surface area contributed by atoms with E-state index < -0.39 is 0 Å². The van der Waals surface area contributed by atoms with Crippen molar-refractivity contribution in [3.05, 3.63) is 42.0 Å². The second kappa shape index (κ2) is 8.62. The molecule has 0 radical (unpaired) electrons. The molecule has 4 N–H and O–H groups in total. The van der Waals surface area contributed by atoms with Crippen LogP contribution < -0.4 is 16.4 Å². The number of hydrogen-bond donors (Lipinski definition) is 3. The molecule has 1 aromatic heterocycles. The number of hydrogen-bond acceptors (Lipinski definition) is 6. The van der Waals surface area contributed by atoms with E-state index in [0.717, 1.165) is 18.7 Å². The Morgan fingerprint density at radius 2 is 1.68 bits per heavy atom. The van der Waals surface area contributed by atoms with Crippen LogP contribution in [0.25, 0.3) is 0 Å². The van der Waals surface area contributed by atoms with E-state index in [0.29, 0.717) is 23.9 Å². The van der Waals surface area contributed by atoms with E-state index in [1.54, 1.807) is 12.1 Å². The molecule has 1 fully saturated rings. The van der Waals surface area contributed by atoms with Crippen LogP contribution in [0.15, 0.2) is 30.6 Å². The second-order valence-electron chi connectivity index (χ2n) is 6.29. The Morgan fingerprint density at radius 1 is 1.00 bits per heavy atom. The monoisotopic (exact) mass is 344 g/mol. The number of nitrogen functional groups attached to an aromatic ring is 1. The summed E-state index contributed by atoms with van der Waals surface area (Å²) in [5.41, 5.74) is 7.63. The highest BCUT2D eigenvalue weighted by Crippen LogP contribution is 2.22. The molecule has 1 aromatic carbocycles. The van der Waals surface area contributed by atoms with E-state index in [9.17, 15) is 4.39 Å². The second-order valence-corrected chi connectivity index (χ2v) is 6.29. The Kier molecular flexibility index (Phi) is 6.00. The van der Waals surface area contributed by atoms with Crippen molar-refractivity contribution in [3.63, 3.8) is 0 Å². The molecule has 7 heteroatoms. The molecule has 0 aliphatic carbocycles. The molecule has 25 heavy (non-hydrogen) atoms. The van der Waals surface area contributed by atoms with Crippen molar-refractivity contribution in [2.24, 2.45) is 0 Å². The summed E-state index contributed by atoms with van der Waals surface area (Å²) in [5.74, 6) is 0.985. The SMILES string of the molecule is Nc1c(NCCN2CCCCC2)ncnc1NCc1ccc(F)cc1. The van der Waals surface area contributed by atoms with Crippen molar-refractivity contribution < 1.29 is 4.39 Å². The van der Waals surface area contributed by atoms with E-state index in [2.05, 4.69) is 25.5 Å². The molecule has 134 valence electrons. The van der Waals surface area contributed by atoms with Crippen molar-refractivity contribution in [2.45, 2.75) is 25.8 Å². The van der Waals surface area contributed by atoms with Gasteiger partial charge in [-0.1, -0.05) is 18.6 Å². The summed E-state index contributed by atoms with van der Waals surface area (Å²) in [6, 6.07) is 6.34. The lowest BCUT2D eigenvalue weighted by molar-refractivity contribution is 0.237. The van der Waals surface area contributed by atoms with Crippen LogP contribution in [0, 0.1) is 5.82 Å². The van der Waals surface area contributed by atoms with Gasteiger partial charge >= 0.3 is 0 Å². The van der Waals surface area contributed by atoms with Gasteiger partial charge in [0.1, 0.15) is 17.8 Å². The largest absolute Gasteiger partial charge is 0.393 e. The predicted molar refractivity (Wildman–Crippen MR) is 99.0 cm³/mol. The van der Waals surface area contributed by atoms with E-state index >= 15 is 0 Å². The zero-order chi connectivity index (χ0) is 17.5. The van der Waals surface area contributed by atoms with Gasteiger partial charge in [0.05, 0.1) is 0 Å². The standard InChI is InChI=1S/C18H25FN6/c19-15-6-4-14(5-7-15)12-22-18-16(20)17(23-13-24-18)21-8-11-25-9-2-1-3-10-25/h4-7,13H,1-3,8-12,20H2,(H2,21,22,23,24). The maximum absolute atomic E-state index is 12.9. The van der Waals surface area contributed by atoms with E-state index in [1.807, 2.05) is 0 Å². The summed E-state index contributed by atoms with van der Waals surface area (Å²) in [5, 5.41) is 6.48.